The maximum Gasteiger partial charge on any atom is 0.288 e. The Labute approximate surface area is 87.7 Å². The van der Waals surface area contributed by atoms with Crippen molar-refractivity contribution in [3.63, 3.8) is 0 Å². The fourth-order valence-electron chi connectivity index (χ4n) is 1.24. The molecule has 0 saturated carbocycles. The molecule has 4 nitrogen and oxygen atoms in total. The molecule has 0 aromatic heterocycles. The van der Waals surface area contributed by atoms with Gasteiger partial charge in [-0.3, -0.25) is 14.5 Å². The molecule has 2 atom stereocenters. The number of thioether (sulfide) groups is 1. The number of amides is 2. The van der Waals surface area contributed by atoms with Crippen molar-refractivity contribution in [3.8, 4) is 0 Å². The zero-order chi connectivity index (χ0) is 10.7. The minimum absolute atomic E-state index is 0.186. The number of rotatable bonds is 3. The van der Waals surface area contributed by atoms with Crippen LogP contribution < -0.4 is 0 Å². The molecule has 0 spiro atoms. The monoisotopic (exact) mass is 217 g/mol. The summed E-state index contributed by atoms with van der Waals surface area (Å²) in [5.41, 5.74) is 0. The van der Waals surface area contributed by atoms with Crippen LogP contribution >= 0.6 is 11.8 Å². The normalized spacial score (nSPS) is 23.2. The number of hydrogen-bond acceptors (Lipinski definition) is 4. The number of imide groups is 1. The Bertz CT molecular complexity index is 242. The summed E-state index contributed by atoms with van der Waals surface area (Å²) in [4.78, 5) is 23.9. The molecule has 1 fully saturated rings. The minimum atomic E-state index is -0.650. The number of aliphatic hydroxyl groups is 1. The van der Waals surface area contributed by atoms with Crippen LogP contribution in [-0.4, -0.2) is 39.6 Å². The first-order valence-electron chi connectivity index (χ1n) is 4.74. The fourth-order valence-corrected chi connectivity index (χ4v) is 1.94. The molecule has 0 aliphatic carbocycles. The van der Waals surface area contributed by atoms with E-state index in [1.165, 1.54) is 4.90 Å². The number of carbonyl (C=O) groups is 2. The van der Waals surface area contributed by atoms with Gasteiger partial charge in [-0.1, -0.05) is 18.7 Å². The van der Waals surface area contributed by atoms with Crippen molar-refractivity contribution in [3.05, 3.63) is 0 Å². The zero-order valence-electron chi connectivity index (χ0n) is 8.40. The third-order valence-electron chi connectivity index (χ3n) is 2.19. The number of hydrogen-bond donors (Lipinski definition) is 1. The Balaban J connectivity index is 2.36. The summed E-state index contributed by atoms with van der Waals surface area (Å²) in [7, 11) is 0. The average Bonchev–Trinajstić information content (AvgIpc) is 2.11. The molecule has 1 aliphatic heterocycles. The van der Waals surface area contributed by atoms with Crippen LogP contribution in [0, 0.1) is 5.92 Å². The van der Waals surface area contributed by atoms with E-state index in [1.54, 1.807) is 6.92 Å². The van der Waals surface area contributed by atoms with Crippen molar-refractivity contribution >= 4 is 22.9 Å². The highest BCUT2D eigenvalue weighted by atomic mass is 32.2. The van der Waals surface area contributed by atoms with Gasteiger partial charge in [0.15, 0.2) is 0 Å². The number of likely N-dealkylation sites (tertiary alicyclic amines) is 1. The first-order chi connectivity index (χ1) is 6.57. The molecule has 1 saturated heterocycles. The van der Waals surface area contributed by atoms with E-state index in [2.05, 4.69) is 0 Å². The average molecular weight is 217 g/mol. The Morgan fingerprint density at radius 1 is 1.79 bits per heavy atom. The second-order valence-corrected chi connectivity index (χ2v) is 4.46. The Morgan fingerprint density at radius 2 is 2.43 bits per heavy atom. The van der Waals surface area contributed by atoms with Crippen molar-refractivity contribution in [2.75, 3.05) is 12.3 Å². The van der Waals surface area contributed by atoms with E-state index in [0.29, 0.717) is 6.54 Å². The van der Waals surface area contributed by atoms with E-state index >= 15 is 0 Å². The van der Waals surface area contributed by atoms with Gasteiger partial charge in [0.25, 0.3) is 5.24 Å². The Kier molecular flexibility index (Phi) is 3.95. The molecule has 0 bridgehead atoms. The van der Waals surface area contributed by atoms with Gasteiger partial charge >= 0.3 is 0 Å². The molecular formula is C9H15NO3S. The Morgan fingerprint density at radius 3 is 2.86 bits per heavy atom. The van der Waals surface area contributed by atoms with Crippen LogP contribution in [0.4, 0.5) is 4.79 Å². The van der Waals surface area contributed by atoms with Crippen molar-refractivity contribution in [2.24, 2.45) is 5.92 Å². The lowest BCUT2D eigenvalue weighted by molar-refractivity contribution is -0.147. The highest BCUT2D eigenvalue weighted by Crippen LogP contribution is 2.25. The topological polar surface area (TPSA) is 57.6 Å². The van der Waals surface area contributed by atoms with E-state index in [1.807, 2.05) is 6.92 Å². The predicted octanol–water partition coefficient (Wildman–Crippen LogP) is 1.09. The molecule has 5 heteroatoms. The molecule has 2 amide bonds. The van der Waals surface area contributed by atoms with Gasteiger partial charge < -0.3 is 5.11 Å². The lowest BCUT2D eigenvalue weighted by Crippen LogP contribution is -2.57. The highest BCUT2D eigenvalue weighted by Gasteiger charge is 2.43. The summed E-state index contributed by atoms with van der Waals surface area (Å²) >= 11 is 1.16. The molecule has 0 unspecified atom stereocenters. The van der Waals surface area contributed by atoms with Crippen molar-refractivity contribution in [1.29, 1.82) is 0 Å². The second-order valence-electron chi connectivity index (χ2n) is 3.41. The van der Waals surface area contributed by atoms with Crippen molar-refractivity contribution in [1.82, 2.24) is 4.90 Å². The van der Waals surface area contributed by atoms with Crippen molar-refractivity contribution in [2.45, 2.75) is 26.4 Å². The molecule has 1 heterocycles. The SMILES string of the molecule is CCCSC(=O)N1C[C@@H]([C@@H](C)O)C1=O. The third kappa shape index (κ3) is 2.27. The lowest BCUT2D eigenvalue weighted by atomic mass is 9.94. The fraction of sp³-hybridized carbons (Fsp3) is 0.778. The van der Waals surface area contributed by atoms with Gasteiger partial charge in [0.1, 0.15) is 0 Å². The predicted molar refractivity (Wildman–Crippen MR) is 55.0 cm³/mol. The summed E-state index contributed by atoms with van der Waals surface area (Å²) in [6.07, 6.45) is 0.265. The van der Waals surface area contributed by atoms with Gasteiger partial charge in [-0.25, -0.2) is 0 Å². The summed E-state index contributed by atoms with van der Waals surface area (Å²) in [5.74, 6) is 0.122. The van der Waals surface area contributed by atoms with Crippen LogP contribution in [0.15, 0.2) is 0 Å². The first-order valence-corrected chi connectivity index (χ1v) is 5.72. The van der Waals surface area contributed by atoms with Gasteiger partial charge in [0.05, 0.1) is 12.0 Å². The smallest absolute Gasteiger partial charge is 0.288 e. The van der Waals surface area contributed by atoms with E-state index in [4.69, 9.17) is 5.11 Å². The molecule has 1 aliphatic rings. The van der Waals surface area contributed by atoms with Gasteiger partial charge in [0.2, 0.25) is 5.91 Å². The number of aliphatic hydroxyl groups excluding tert-OH is 1. The maximum absolute atomic E-state index is 11.3. The summed E-state index contributed by atoms with van der Waals surface area (Å²) < 4.78 is 0. The van der Waals surface area contributed by atoms with Crippen LogP contribution in [0.5, 0.6) is 0 Å². The summed E-state index contributed by atoms with van der Waals surface area (Å²) in [5, 5.41) is 8.97. The molecule has 0 aromatic carbocycles. The standard InChI is InChI=1S/C9H15NO3S/c1-3-4-14-9(13)10-5-7(6(2)11)8(10)12/h6-7,11H,3-5H2,1-2H3/t6-,7+/m1/s1. The number of nitrogens with zero attached hydrogens (tertiary/aromatic N) is 1. The van der Waals surface area contributed by atoms with Crippen LogP contribution in [-0.2, 0) is 4.79 Å². The maximum atomic E-state index is 11.3. The molecule has 1 rings (SSSR count). The number of β-lactam (4-membered cyclic amide) rings is 1. The molecule has 80 valence electrons. The van der Waals surface area contributed by atoms with E-state index in [-0.39, 0.29) is 17.1 Å². The third-order valence-corrected chi connectivity index (χ3v) is 3.27. The first kappa shape index (κ1) is 11.5. The van der Waals surface area contributed by atoms with Crippen LogP contribution in [0.1, 0.15) is 20.3 Å². The van der Waals surface area contributed by atoms with Gasteiger partial charge in [-0.2, -0.15) is 0 Å². The Hall–Kier alpha value is -0.550. The number of carbonyl (C=O) groups excluding carboxylic acids is 2. The largest absolute Gasteiger partial charge is 0.393 e. The molecule has 14 heavy (non-hydrogen) atoms. The molecular weight excluding hydrogens is 202 g/mol. The van der Waals surface area contributed by atoms with Gasteiger partial charge in [-0.15, -0.1) is 0 Å². The summed E-state index contributed by atoms with van der Waals surface area (Å²) in [6.45, 7) is 3.92. The van der Waals surface area contributed by atoms with E-state index in [0.717, 1.165) is 23.9 Å². The molecule has 0 aromatic rings. The highest BCUT2D eigenvalue weighted by molar-refractivity contribution is 8.13. The summed E-state index contributed by atoms with van der Waals surface area (Å²) in [6, 6.07) is 0. The van der Waals surface area contributed by atoms with Gasteiger partial charge in [-0.05, 0) is 13.3 Å². The lowest BCUT2D eigenvalue weighted by Gasteiger charge is -2.37. The zero-order valence-corrected chi connectivity index (χ0v) is 9.21. The van der Waals surface area contributed by atoms with E-state index in [9.17, 15) is 9.59 Å². The van der Waals surface area contributed by atoms with Crippen LogP contribution in [0.25, 0.3) is 0 Å². The minimum Gasteiger partial charge on any atom is -0.393 e. The quantitative estimate of drug-likeness (QED) is 0.719. The molecule has 1 N–H and O–H groups in total. The van der Waals surface area contributed by atoms with Crippen LogP contribution in [0.3, 0.4) is 0 Å². The van der Waals surface area contributed by atoms with Crippen molar-refractivity contribution < 1.29 is 14.7 Å². The van der Waals surface area contributed by atoms with Crippen LogP contribution in [0.2, 0.25) is 0 Å². The van der Waals surface area contributed by atoms with Gasteiger partial charge in [0, 0.05) is 12.3 Å². The van der Waals surface area contributed by atoms with E-state index < -0.39 is 6.10 Å². The second kappa shape index (κ2) is 4.79. The molecule has 0 radical (unpaired) electrons.